The first-order valence-electron chi connectivity index (χ1n) is 9.45. The highest BCUT2D eigenvalue weighted by Gasteiger charge is 2.18. The maximum Gasteiger partial charge on any atom is 0.250 e. The number of hydrogen-bond acceptors (Lipinski definition) is 9. The van der Waals surface area contributed by atoms with Gasteiger partial charge in [0.1, 0.15) is 5.82 Å². The fourth-order valence-corrected chi connectivity index (χ4v) is 3.28. The zero-order valence-electron chi connectivity index (χ0n) is 16.5. The second-order valence-electron chi connectivity index (χ2n) is 6.68. The fraction of sp³-hybridized carbons (Fsp3) is 0.100. The lowest BCUT2D eigenvalue weighted by Crippen LogP contribution is -2.17. The number of nitrogens with zero attached hydrogens (tertiary/aromatic N) is 5. The van der Waals surface area contributed by atoms with Gasteiger partial charge in [0.15, 0.2) is 5.82 Å². The van der Waals surface area contributed by atoms with E-state index < -0.39 is 11.9 Å². The molecule has 32 heavy (non-hydrogen) atoms. The molecule has 0 fully saturated rings. The quantitative estimate of drug-likeness (QED) is 0.270. The Hall–Kier alpha value is -4.09. The minimum atomic E-state index is -0.620. The number of amides is 1. The largest absolute Gasteiger partial charge is 0.394 e. The van der Waals surface area contributed by atoms with Gasteiger partial charge in [-0.25, -0.2) is 10.1 Å². The number of carbonyl (C=O) groups is 1. The van der Waals surface area contributed by atoms with Crippen LogP contribution in [0.15, 0.2) is 54.7 Å². The van der Waals surface area contributed by atoms with Crippen LogP contribution in [-0.4, -0.2) is 48.2 Å². The molecule has 12 heteroatoms. The zero-order chi connectivity index (χ0) is 22.5. The summed E-state index contributed by atoms with van der Waals surface area (Å²) in [5, 5.41) is 30.2. The molecule has 0 aliphatic heterocycles. The lowest BCUT2D eigenvalue weighted by Gasteiger charge is -2.19. The van der Waals surface area contributed by atoms with Gasteiger partial charge in [-0.2, -0.15) is 4.98 Å². The number of nitrogens with two attached hydrogens (primary N) is 1. The molecule has 4 rings (SSSR count). The van der Waals surface area contributed by atoms with E-state index in [4.69, 9.17) is 17.3 Å². The number of rotatable bonds is 8. The maximum atomic E-state index is 11.4. The van der Waals surface area contributed by atoms with Crippen LogP contribution in [0.5, 0.6) is 0 Å². The maximum absolute atomic E-state index is 11.4. The van der Waals surface area contributed by atoms with E-state index in [0.717, 1.165) is 5.56 Å². The van der Waals surface area contributed by atoms with Crippen molar-refractivity contribution in [3.05, 3.63) is 70.9 Å². The molecule has 2 aromatic carbocycles. The number of nitrogens with one attached hydrogen (secondary N) is 3. The molecular weight excluding hydrogens is 434 g/mol. The Morgan fingerprint density at radius 2 is 2.03 bits per heavy atom. The number of aliphatic hydroxyl groups excluding tert-OH is 1. The van der Waals surface area contributed by atoms with Gasteiger partial charge in [0.2, 0.25) is 11.9 Å². The molecule has 162 valence electrons. The first-order valence-corrected chi connectivity index (χ1v) is 9.83. The Balaban J connectivity index is 1.67. The van der Waals surface area contributed by atoms with E-state index in [1.807, 2.05) is 30.3 Å². The summed E-state index contributed by atoms with van der Waals surface area (Å²) in [4.78, 5) is 20.2. The molecule has 2 heterocycles. The zero-order valence-corrected chi connectivity index (χ0v) is 17.3. The second-order valence-corrected chi connectivity index (χ2v) is 7.09. The van der Waals surface area contributed by atoms with E-state index in [1.165, 1.54) is 6.07 Å². The van der Waals surface area contributed by atoms with Crippen LogP contribution in [-0.2, 0) is 0 Å². The van der Waals surface area contributed by atoms with E-state index in [0.29, 0.717) is 22.9 Å². The second kappa shape index (κ2) is 9.37. The highest BCUT2D eigenvalue weighted by atomic mass is 35.5. The average Bonchev–Trinajstić information content (AvgIpc) is 3.33. The molecule has 6 N–H and O–H groups in total. The summed E-state index contributed by atoms with van der Waals surface area (Å²) in [5.41, 5.74) is 7.44. The van der Waals surface area contributed by atoms with Crippen LogP contribution in [0.3, 0.4) is 0 Å². The van der Waals surface area contributed by atoms with E-state index in [2.05, 4.69) is 41.2 Å². The Morgan fingerprint density at radius 3 is 2.69 bits per heavy atom. The molecule has 0 spiro atoms. The number of anilines is 3. The number of tetrazole rings is 1. The van der Waals surface area contributed by atoms with Crippen molar-refractivity contribution in [2.75, 3.05) is 17.2 Å². The van der Waals surface area contributed by atoms with Gasteiger partial charge < -0.3 is 21.5 Å². The van der Waals surface area contributed by atoms with Crippen LogP contribution in [0.4, 0.5) is 17.5 Å². The van der Waals surface area contributed by atoms with Gasteiger partial charge in [0.05, 0.1) is 28.8 Å². The number of aliphatic hydroxyl groups is 1. The average molecular weight is 452 g/mol. The van der Waals surface area contributed by atoms with E-state index >= 15 is 0 Å². The minimum absolute atomic E-state index is 0.172. The van der Waals surface area contributed by atoms with Crippen LogP contribution in [0.1, 0.15) is 22.0 Å². The van der Waals surface area contributed by atoms with Crippen molar-refractivity contribution in [2.24, 2.45) is 5.73 Å². The van der Waals surface area contributed by atoms with E-state index in [9.17, 15) is 9.90 Å². The van der Waals surface area contributed by atoms with Crippen molar-refractivity contribution >= 4 is 35.0 Å². The SMILES string of the molecule is NC(=O)c1ccc(Nc2ncc(-c3nnn[nH]3)c(N[C@H](CO)c3ccccc3)n2)cc1Cl. The van der Waals surface area contributed by atoms with Crippen molar-refractivity contribution in [1.82, 2.24) is 30.6 Å². The monoisotopic (exact) mass is 451 g/mol. The summed E-state index contributed by atoms with van der Waals surface area (Å²) in [7, 11) is 0. The number of carbonyl (C=O) groups excluding carboxylic acids is 1. The third kappa shape index (κ3) is 4.63. The number of primary amides is 1. The van der Waals surface area contributed by atoms with Crippen molar-refractivity contribution in [1.29, 1.82) is 0 Å². The predicted octanol–water partition coefficient (Wildman–Crippen LogP) is 2.30. The van der Waals surface area contributed by atoms with Crippen LogP contribution in [0.25, 0.3) is 11.4 Å². The number of H-pyrrole nitrogens is 1. The molecule has 0 aliphatic carbocycles. The highest BCUT2D eigenvalue weighted by Crippen LogP contribution is 2.28. The molecule has 0 unspecified atom stereocenters. The molecule has 0 saturated carbocycles. The van der Waals surface area contributed by atoms with Crippen LogP contribution >= 0.6 is 11.6 Å². The summed E-state index contributed by atoms with van der Waals surface area (Å²) in [6.07, 6.45) is 1.54. The van der Waals surface area contributed by atoms with Gasteiger partial charge in [0.25, 0.3) is 0 Å². The van der Waals surface area contributed by atoms with Gasteiger partial charge in [0, 0.05) is 11.9 Å². The van der Waals surface area contributed by atoms with Crippen molar-refractivity contribution in [3.8, 4) is 11.4 Å². The number of aromatic amines is 1. The molecule has 1 atom stereocenters. The molecule has 1 amide bonds. The Morgan fingerprint density at radius 1 is 1.22 bits per heavy atom. The van der Waals surface area contributed by atoms with Crippen molar-refractivity contribution < 1.29 is 9.90 Å². The Labute approximate surface area is 187 Å². The highest BCUT2D eigenvalue weighted by molar-refractivity contribution is 6.34. The summed E-state index contributed by atoms with van der Waals surface area (Å²) in [5.74, 6) is 0.378. The first-order chi connectivity index (χ1) is 15.5. The van der Waals surface area contributed by atoms with Gasteiger partial charge in [-0.1, -0.05) is 41.9 Å². The molecule has 0 aliphatic rings. The normalized spacial score (nSPS) is 11.7. The van der Waals surface area contributed by atoms with Gasteiger partial charge in [-0.3, -0.25) is 4.79 Å². The topological polar surface area (TPSA) is 168 Å². The molecular formula is C20H18ClN9O2. The molecule has 0 saturated heterocycles. The van der Waals surface area contributed by atoms with Gasteiger partial charge in [-0.15, -0.1) is 5.10 Å². The predicted molar refractivity (Wildman–Crippen MR) is 118 cm³/mol. The summed E-state index contributed by atoms with van der Waals surface area (Å²) < 4.78 is 0. The van der Waals surface area contributed by atoms with Crippen molar-refractivity contribution in [2.45, 2.75) is 6.04 Å². The molecule has 0 bridgehead atoms. The molecule has 11 nitrogen and oxygen atoms in total. The van der Waals surface area contributed by atoms with Crippen LogP contribution in [0.2, 0.25) is 5.02 Å². The lowest BCUT2D eigenvalue weighted by atomic mass is 10.1. The molecule has 4 aromatic rings. The molecule has 2 aromatic heterocycles. The first kappa shape index (κ1) is 21.2. The smallest absolute Gasteiger partial charge is 0.250 e. The third-order valence-corrected chi connectivity index (χ3v) is 4.89. The van der Waals surface area contributed by atoms with Crippen molar-refractivity contribution in [3.63, 3.8) is 0 Å². The van der Waals surface area contributed by atoms with Crippen LogP contribution in [0, 0.1) is 0 Å². The lowest BCUT2D eigenvalue weighted by molar-refractivity contribution is 0.100. The van der Waals surface area contributed by atoms with Crippen LogP contribution < -0.4 is 16.4 Å². The van der Waals surface area contributed by atoms with Gasteiger partial charge in [-0.05, 0) is 34.2 Å². The number of halogens is 1. The fourth-order valence-electron chi connectivity index (χ4n) is 3.01. The Bertz CT molecular complexity index is 1220. The summed E-state index contributed by atoms with van der Waals surface area (Å²) in [6.45, 7) is -0.172. The molecule has 0 radical (unpaired) electrons. The summed E-state index contributed by atoms with van der Waals surface area (Å²) in [6, 6.07) is 13.7. The Kier molecular flexibility index (Phi) is 6.19. The number of benzene rings is 2. The van der Waals surface area contributed by atoms with Gasteiger partial charge >= 0.3 is 0 Å². The number of hydrogen-bond donors (Lipinski definition) is 5. The minimum Gasteiger partial charge on any atom is -0.394 e. The standard InChI is InChI=1S/C20H18ClN9O2/c21-15-8-12(6-7-13(15)17(22)32)24-20-23-9-14(19-27-29-30-28-19)18(26-20)25-16(10-31)11-4-2-1-3-5-11/h1-9,16,31H,10H2,(H2,22,32)(H2,23,24,25,26)(H,27,28,29,30)/t16-/m1/s1. The number of aromatic nitrogens is 6. The van der Waals surface area contributed by atoms with E-state index in [-0.39, 0.29) is 23.1 Å². The summed E-state index contributed by atoms with van der Waals surface area (Å²) >= 11 is 6.12. The third-order valence-electron chi connectivity index (χ3n) is 4.58. The van der Waals surface area contributed by atoms with E-state index in [1.54, 1.807) is 18.3 Å².